The number of nitrogens with zero attached hydrogens (tertiary/aromatic N) is 4. The van der Waals surface area contributed by atoms with Crippen molar-refractivity contribution in [2.45, 2.75) is 31.2 Å². The zero-order chi connectivity index (χ0) is 21.7. The van der Waals surface area contributed by atoms with E-state index in [0.717, 1.165) is 17.0 Å². The summed E-state index contributed by atoms with van der Waals surface area (Å²) in [6.07, 6.45) is -0.489. The summed E-state index contributed by atoms with van der Waals surface area (Å²) in [4.78, 5) is 4.35. The third-order valence-electron chi connectivity index (χ3n) is 4.97. The van der Waals surface area contributed by atoms with Crippen molar-refractivity contribution in [2.24, 2.45) is 0 Å². The predicted octanol–water partition coefficient (Wildman–Crippen LogP) is 3.79. The Bertz CT molecular complexity index is 1210. The molecule has 0 atom stereocenters. The lowest BCUT2D eigenvalue weighted by Gasteiger charge is -2.12. The lowest BCUT2D eigenvalue weighted by Crippen LogP contribution is -2.14. The highest BCUT2D eigenvalue weighted by atomic mass is 35.5. The van der Waals surface area contributed by atoms with Crippen LogP contribution in [0.3, 0.4) is 0 Å². The summed E-state index contributed by atoms with van der Waals surface area (Å²) in [5.41, 5.74) is -0.429. The molecule has 0 unspecified atom stereocenters. The first kappa shape index (κ1) is 20.9. The van der Waals surface area contributed by atoms with Crippen molar-refractivity contribution in [3.8, 4) is 11.6 Å². The first-order valence-electron chi connectivity index (χ1n) is 8.93. The Kier molecular flexibility index (Phi) is 5.13. The Balaban J connectivity index is 1.70. The summed E-state index contributed by atoms with van der Waals surface area (Å²) in [5, 5.41) is 7.99. The van der Waals surface area contributed by atoms with E-state index >= 15 is 0 Å². The van der Waals surface area contributed by atoms with Gasteiger partial charge in [0.15, 0.2) is 5.82 Å². The van der Waals surface area contributed by atoms with Crippen molar-refractivity contribution in [1.29, 1.82) is 0 Å². The summed E-state index contributed by atoms with van der Waals surface area (Å²) in [5.74, 6) is -0.536. The Labute approximate surface area is 174 Å². The van der Waals surface area contributed by atoms with Gasteiger partial charge in [0.2, 0.25) is 0 Å². The monoisotopic (exact) mass is 460 g/mol. The van der Waals surface area contributed by atoms with E-state index in [4.69, 9.17) is 16.1 Å². The molecule has 1 aromatic carbocycles. The van der Waals surface area contributed by atoms with Crippen LogP contribution in [0.1, 0.15) is 36.3 Å². The second-order valence-corrected chi connectivity index (χ2v) is 9.90. The van der Waals surface area contributed by atoms with Crippen molar-refractivity contribution in [3.63, 3.8) is 0 Å². The number of rotatable bonds is 7. The number of hydrogen-bond donors (Lipinski definition) is 0. The van der Waals surface area contributed by atoms with Gasteiger partial charge in [0.05, 0.1) is 17.7 Å². The van der Waals surface area contributed by atoms with E-state index in [2.05, 4.69) is 15.2 Å². The van der Waals surface area contributed by atoms with Crippen LogP contribution in [0.25, 0.3) is 11.6 Å². The molecule has 160 valence electrons. The van der Waals surface area contributed by atoms with Crippen molar-refractivity contribution >= 4 is 21.4 Å². The molecule has 4 rings (SSSR count). The van der Waals surface area contributed by atoms with E-state index in [0.29, 0.717) is 24.2 Å². The first-order valence-corrected chi connectivity index (χ1v) is 11.4. The van der Waals surface area contributed by atoms with Crippen LogP contribution in [0.2, 0.25) is 5.02 Å². The second kappa shape index (κ2) is 7.38. The van der Waals surface area contributed by atoms with E-state index in [1.165, 1.54) is 12.1 Å². The fourth-order valence-electron chi connectivity index (χ4n) is 3.28. The number of benzene rings is 1. The Hall–Kier alpha value is -2.40. The molecule has 1 fully saturated rings. The molecule has 0 radical (unpaired) electrons. The lowest BCUT2D eigenvalue weighted by molar-refractivity contribution is 0.145. The Morgan fingerprint density at radius 2 is 2.03 bits per heavy atom. The van der Waals surface area contributed by atoms with Crippen LogP contribution in [0.15, 0.2) is 28.8 Å². The molecular weight excluding hydrogens is 445 g/mol. The minimum absolute atomic E-state index is 0.0672. The van der Waals surface area contributed by atoms with Crippen molar-refractivity contribution in [2.75, 3.05) is 12.0 Å². The minimum Gasteiger partial charge on any atom is -0.332 e. The molecule has 0 aliphatic heterocycles. The van der Waals surface area contributed by atoms with Gasteiger partial charge in [-0.25, -0.2) is 21.6 Å². The van der Waals surface area contributed by atoms with Gasteiger partial charge in [-0.1, -0.05) is 22.8 Å². The van der Waals surface area contributed by atoms with Gasteiger partial charge < -0.3 is 4.52 Å². The number of hydrogen-bond acceptors (Lipinski definition) is 6. The molecule has 7 nitrogen and oxygen atoms in total. The first-order chi connectivity index (χ1) is 14.1. The molecule has 30 heavy (non-hydrogen) atoms. The average Bonchev–Trinajstić information content (AvgIpc) is 3.12. The fourth-order valence-corrected chi connectivity index (χ4v) is 4.13. The number of aryl methyl sites for hydroxylation is 1. The lowest BCUT2D eigenvalue weighted by atomic mass is 9.95. The highest BCUT2D eigenvalue weighted by Gasteiger charge is 2.51. The van der Waals surface area contributed by atoms with E-state index in [1.54, 1.807) is 6.07 Å². The van der Waals surface area contributed by atoms with Crippen molar-refractivity contribution in [3.05, 3.63) is 52.2 Å². The molecule has 0 saturated heterocycles. The zero-order valence-electron chi connectivity index (χ0n) is 15.6. The number of alkyl halides is 2. The van der Waals surface area contributed by atoms with Gasteiger partial charge in [-0.2, -0.15) is 10.1 Å². The second-order valence-electron chi connectivity index (χ2n) is 7.24. The molecule has 0 N–H and O–H groups in total. The number of halogens is 4. The molecular formula is C18H16ClF3N4O3S. The smallest absolute Gasteiger partial charge is 0.282 e. The topological polar surface area (TPSA) is 90.9 Å². The molecule has 12 heteroatoms. The van der Waals surface area contributed by atoms with Crippen LogP contribution in [0, 0.1) is 5.82 Å². The van der Waals surface area contributed by atoms with Gasteiger partial charge in [0.25, 0.3) is 12.3 Å². The van der Waals surface area contributed by atoms with Gasteiger partial charge in [0, 0.05) is 11.3 Å². The molecule has 1 aliphatic carbocycles. The number of aromatic nitrogens is 4. The van der Waals surface area contributed by atoms with E-state index in [-0.39, 0.29) is 28.9 Å². The largest absolute Gasteiger partial charge is 0.332 e. The zero-order valence-corrected chi connectivity index (χ0v) is 17.2. The summed E-state index contributed by atoms with van der Waals surface area (Å²) < 4.78 is 69.0. The molecule has 0 spiro atoms. The van der Waals surface area contributed by atoms with Gasteiger partial charge in [-0.15, -0.1) is 0 Å². The molecule has 0 amide bonds. The molecule has 1 aliphatic rings. The third kappa shape index (κ3) is 3.95. The standard InChI is InChI=1S/C18H16ClF3N4O3S/c1-30(27,28)7-6-26-14(9-13(24-26)15(21)22)16-23-17(25-29-16)18(4-5-18)11-3-2-10(20)8-12(11)19/h2-3,8-9,15H,4-7H2,1H3. The van der Waals surface area contributed by atoms with Gasteiger partial charge in [0.1, 0.15) is 27.0 Å². The molecule has 1 saturated carbocycles. The maximum atomic E-state index is 13.4. The van der Waals surface area contributed by atoms with E-state index in [9.17, 15) is 21.6 Å². The average molecular weight is 461 g/mol. The Morgan fingerprint density at radius 3 is 2.63 bits per heavy atom. The van der Waals surface area contributed by atoms with Crippen LogP contribution < -0.4 is 0 Å². The van der Waals surface area contributed by atoms with Crippen LogP contribution in [0.5, 0.6) is 0 Å². The quantitative estimate of drug-likeness (QED) is 0.533. The van der Waals surface area contributed by atoms with Crippen LogP contribution in [-0.4, -0.2) is 40.3 Å². The van der Waals surface area contributed by atoms with Gasteiger partial charge in [-0.3, -0.25) is 4.68 Å². The summed E-state index contributed by atoms with van der Waals surface area (Å²) in [6, 6.07) is 5.14. The molecule has 2 heterocycles. The highest BCUT2D eigenvalue weighted by molar-refractivity contribution is 7.90. The SMILES string of the molecule is CS(=O)(=O)CCn1nc(C(F)F)cc1-c1nc(C2(c3ccc(F)cc3Cl)CC2)no1. The normalized spacial score (nSPS) is 15.7. The molecule has 3 aromatic rings. The van der Waals surface area contributed by atoms with Crippen LogP contribution in [0.4, 0.5) is 13.2 Å². The maximum Gasteiger partial charge on any atom is 0.282 e. The highest BCUT2D eigenvalue weighted by Crippen LogP contribution is 2.54. The van der Waals surface area contributed by atoms with Crippen molar-refractivity contribution in [1.82, 2.24) is 19.9 Å². The fraction of sp³-hybridized carbons (Fsp3) is 0.389. The third-order valence-corrected chi connectivity index (χ3v) is 6.20. The summed E-state index contributed by atoms with van der Waals surface area (Å²) in [7, 11) is -3.34. The predicted molar refractivity (Wildman–Crippen MR) is 102 cm³/mol. The van der Waals surface area contributed by atoms with Crippen LogP contribution in [-0.2, 0) is 21.8 Å². The van der Waals surface area contributed by atoms with E-state index < -0.39 is 33.2 Å². The summed E-state index contributed by atoms with van der Waals surface area (Å²) in [6.45, 7) is -0.145. The van der Waals surface area contributed by atoms with Crippen molar-refractivity contribution < 1.29 is 26.1 Å². The van der Waals surface area contributed by atoms with Gasteiger partial charge >= 0.3 is 0 Å². The van der Waals surface area contributed by atoms with E-state index in [1.807, 2.05) is 0 Å². The molecule has 0 bridgehead atoms. The Morgan fingerprint density at radius 1 is 1.30 bits per heavy atom. The van der Waals surface area contributed by atoms with Gasteiger partial charge in [-0.05, 0) is 36.6 Å². The summed E-state index contributed by atoms with van der Waals surface area (Å²) >= 11 is 6.19. The maximum absolute atomic E-state index is 13.4. The van der Waals surface area contributed by atoms with Crippen LogP contribution >= 0.6 is 11.6 Å². The minimum atomic E-state index is -3.34. The number of sulfone groups is 1. The molecule has 2 aromatic heterocycles.